The van der Waals surface area contributed by atoms with E-state index in [1.165, 1.54) is 4.90 Å². The number of H-pyrrole nitrogens is 1. The second-order valence-corrected chi connectivity index (χ2v) is 5.71. The number of nitrogens with zero attached hydrogens (tertiary/aromatic N) is 3. The fraction of sp³-hybridized carbons (Fsp3) is 0.417. The smallest absolute Gasteiger partial charge is 0.407 e. The first kappa shape index (κ1) is 13.2. The van der Waals surface area contributed by atoms with E-state index in [1.807, 2.05) is 0 Å². The van der Waals surface area contributed by atoms with Gasteiger partial charge in [0.25, 0.3) is 5.56 Å². The van der Waals surface area contributed by atoms with Crippen LogP contribution in [0.3, 0.4) is 0 Å². The highest BCUT2D eigenvalue weighted by molar-refractivity contribution is 9.10. The molecule has 2 aromatic heterocycles. The zero-order valence-corrected chi connectivity index (χ0v) is 12.1. The van der Waals surface area contributed by atoms with Gasteiger partial charge < -0.3 is 15.0 Å². The Kier molecular flexibility index (Phi) is 3.25. The van der Waals surface area contributed by atoms with Crippen LogP contribution in [0.4, 0.5) is 4.79 Å². The molecule has 3 rings (SSSR count). The van der Waals surface area contributed by atoms with E-state index in [0.29, 0.717) is 31.6 Å². The van der Waals surface area contributed by atoms with Crippen LogP contribution in [0.5, 0.6) is 0 Å². The summed E-state index contributed by atoms with van der Waals surface area (Å²) in [5.74, 6) is 0.141. The molecule has 1 aliphatic rings. The van der Waals surface area contributed by atoms with Crippen molar-refractivity contribution in [2.24, 2.45) is 0 Å². The first-order chi connectivity index (χ1) is 9.56. The minimum Gasteiger partial charge on any atom is -0.465 e. The monoisotopic (exact) mass is 340 g/mol. The average molecular weight is 341 g/mol. The predicted octanol–water partition coefficient (Wildman–Crippen LogP) is 1.64. The molecule has 0 bridgehead atoms. The van der Waals surface area contributed by atoms with Crippen molar-refractivity contribution in [2.45, 2.75) is 18.8 Å². The number of piperidine rings is 1. The molecule has 0 aliphatic carbocycles. The summed E-state index contributed by atoms with van der Waals surface area (Å²) >= 11 is 3.35. The van der Waals surface area contributed by atoms with Crippen molar-refractivity contribution in [2.75, 3.05) is 13.1 Å². The highest BCUT2D eigenvalue weighted by Gasteiger charge is 2.25. The minimum atomic E-state index is -0.888. The fourth-order valence-electron chi connectivity index (χ4n) is 2.64. The third-order valence-electron chi connectivity index (χ3n) is 3.67. The van der Waals surface area contributed by atoms with Crippen molar-refractivity contribution in [3.05, 3.63) is 32.8 Å². The van der Waals surface area contributed by atoms with E-state index in [2.05, 4.69) is 26.0 Å². The summed E-state index contributed by atoms with van der Waals surface area (Å²) in [5, 5.41) is 13.2. The Hall–Kier alpha value is -1.83. The Bertz CT molecular complexity index is 715. The molecule has 1 amide bonds. The molecule has 20 heavy (non-hydrogen) atoms. The molecule has 8 heteroatoms. The standard InChI is InChI=1S/C12H13BrN4O3/c13-8-6-14-17-9(5-10(18)15-11(8)17)7-1-3-16(4-2-7)12(19)20/h5-7H,1-4H2,(H,15,18)(H,19,20). The van der Waals surface area contributed by atoms with Gasteiger partial charge in [-0.3, -0.25) is 4.79 Å². The van der Waals surface area contributed by atoms with E-state index in [1.54, 1.807) is 16.8 Å². The molecule has 106 valence electrons. The van der Waals surface area contributed by atoms with Crippen LogP contribution in [0.15, 0.2) is 21.5 Å². The lowest BCUT2D eigenvalue weighted by Crippen LogP contribution is -2.37. The number of rotatable bonds is 1. The van der Waals surface area contributed by atoms with Crippen LogP contribution in [-0.2, 0) is 0 Å². The van der Waals surface area contributed by atoms with Crippen molar-refractivity contribution >= 4 is 27.7 Å². The van der Waals surface area contributed by atoms with E-state index in [0.717, 1.165) is 10.2 Å². The van der Waals surface area contributed by atoms with Gasteiger partial charge in [0.1, 0.15) is 0 Å². The number of nitrogens with one attached hydrogen (secondary N) is 1. The molecule has 3 heterocycles. The van der Waals surface area contributed by atoms with Gasteiger partial charge in [0.2, 0.25) is 0 Å². The van der Waals surface area contributed by atoms with Crippen LogP contribution < -0.4 is 5.56 Å². The molecule has 1 aliphatic heterocycles. The SMILES string of the molecule is O=C(O)N1CCC(c2cc(=O)[nH]c3c(Br)cnn23)CC1. The van der Waals surface area contributed by atoms with Crippen LogP contribution >= 0.6 is 15.9 Å². The zero-order valence-electron chi connectivity index (χ0n) is 10.5. The van der Waals surface area contributed by atoms with Crippen molar-refractivity contribution in [1.29, 1.82) is 0 Å². The number of carbonyl (C=O) groups is 1. The van der Waals surface area contributed by atoms with Gasteiger partial charge in [-0.05, 0) is 28.8 Å². The number of hydrogen-bond donors (Lipinski definition) is 2. The predicted molar refractivity (Wildman–Crippen MR) is 75.1 cm³/mol. The maximum Gasteiger partial charge on any atom is 0.407 e. The largest absolute Gasteiger partial charge is 0.465 e. The molecule has 2 aromatic rings. The molecule has 0 unspecified atom stereocenters. The Morgan fingerprint density at radius 3 is 2.80 bits per heavy atom. The van der Waals surface area contributed by atoms with Crippen molar-refractivity contribution in [3.63, 3.8) is 0 Å². The van der Waals surface area contributed by atoms with E-state index < -0.39 is 6.09 Å². The van der Waals surface area contributed by atoms with E-state index in [4.69, 9.17) is 5.11 Å². The van der Waals surface area contributed by atoms with Crippen LogP contribution in [0.1, 0.15) is 24.5 Å². The third kappa shape index (κ3) is 2.20. The topological polar surface area (TPSA) is 90.7 Å². The third-order valence-corrected chi connectivity index (χ3v) is 4.25. The Balaban J connectivity index is 1.95. The van der Waals surface area contributed by atoms with Crippen LogP contribution in [0.25, 0.3) is 5.65 Å². The maximum absolute atomic E-state index is 11.7. The van der Waals surface area contributed by atoms with Crippen LogP contribution in [-0.4, -0.2) is 43.8 Å². The van der Waals surface area contributed by atoms with E-state index in [-0.39, 0.29) is 11.5 Å². The molecule has 1 saturated heterocycles. The number of aromatic amines is 1. The van der Waals surface area contributed by atoms with Crippen molar-refractivity contribution < 1.29 is 9.90 Å². The summed E-state index contributed by atoms with van der Waals surface area (Å²) in [6.07, 6.45) is 2.15. The second-order valence-electron chi connectivity index (χ2n) is 4.86. The number of hydrogen-bond acceptors (Lipinski definition) is 3. The lowest BCUT2D eigenvalue weighted by Gasteiger charge is -2.30. The van der Waals surface area contributed by atoms with Gasteiger partial charge in [-0.1, -0.05) is 0 Å². The van der Waals surface area contributed by atoms with Gasteiger partial charge in [-0.2, -0.15) is 5.10 Å². The number of carboxylic acid groups (broad SMARTS) is 1. The van der Waals surface area contributed by atoms with Gasteiger partial charge >= 0.3 is 6.09 Å². The molecule has 7 nitrogen and oxygen atoms in total. The number of likely N-dealkylation sites (tertiary alicyclic amines) is 1. The summed E-state index contributed by atoms with van der Waals surface area (Å²) in [6, 6.07) is 1.55. The lowest BCUT2D eigenvalue weighted by atomic mass is 9.93. The van der Waals surface area contributed by atoms with E-state index >= 15 is 0 Å². The van der Waals surface area contributed by atoms with Crippen molar-refractivity contribution in [3.8, 4) is 0 Å². The first-order valence-corrected chi connectivity index (χ1v) is 7.10. The van der Waals surface area contributed by atoms with Gasteiger partial charge in [0, 0.05) is 25.1 Å². The normalized spacial score (nSPS) is 16.8. The molecular weight excluding hydrogens is 328 g/mol. The molecule has 0 radical (unpaired) electrons. The van der Waals surface area contributed by atoms with Gasteiger partial charge in [-0.15, -0.1) is 0 Å². The number of aromatic nitrogens is 3. The number of amides is 1. The number of halogens is 1. The van der Waals surface area contributed by atoms with Gasteiger partial charge in [0.05, 0.1) is 16.4 Å². The molecule has 0 saturated carbocycles. The zero-order chi connectivity index (χ0) is 14.3. The first-order valence-electron chi connectivity index (χ1n) is 6.30. The quantitative estimate of drug-likeness (QED) is 0.825. The summed E-state index contributed by atoms with van der Waals surface area (Å²) < 4.78 is 2.45. The fourth-order valence-corrected chi connectivity index (χ4v) is 3.00. The molecule has 0 atom stereocenters. The molecule has 2 N–H and O–H groups in total. The Morgan fingerprint density at radius 2 is 2.15 bits per heavy atom. The van der Waals surface area contributed by atoms with Gasteiger partial charge in [-0.25, -0.2) is 9.31 Å². The summed E-state index contributed by atoms with van der Waals surface area (Å²) in [7, 11) is 0. The maximum atomic E-state index is 11.7. The summed E-state index contributed by atoms with van der Waals surface area (Å²) in [4.78, 5) is 26.8. The summed E-state index contributed by atoms with van der Waals surface area (Å²) in [6.45, 7) is 0.966. The minimum absolute atomic E-state index is 0.141. The number of fused-ring (bicyclic) bond motifs is 1. The van der Waals surface area contributed by atoms with E-state index in [9.17, 15) is 9.59 Å². The lowest BCUT2D eigenvalue weighted by molar-refractivity contribution is 0.131. The Morgan fingerprint density at radius 1 is 1.45 bits per heavy atom. The Labute approximate surface area is 122 Å². The molecule has 0 aromatic carbocycles. The summed E-state index contributed by atoms with van der Waals surface area (Å²) in [5.41, 5.74) is 1.29. The second kappa shape index (κ2) is 4.93. The highest BCUT2D eigenvalue weighted by atomic mass is 79.9. The van der Waals surface area contributed by atoms with Gasteiger partial charge in [0.15, 0.2) is 5.65 Å². The van der Waals surface area contributed by atoms with Crippen LogP contribution in [0, 0.1) is 0 Å². The molecular formula is C12H13BrN4O3. The molecule has 0 spiro atoms. The highest BCUT2D eigenvalue weighted by Crippen LogP contribution is 2.28. The molecule has 1 fully saturated rings. The average Bonchev–Trinajstić information content (AvgIpc) is 2.80. The van der Waals surface area contributed by atoms with Crippen LogP contribution in [0.2, 0.25) is 0 Å². The van der Waals surface area contributed by atoms with Crippen molar-refractivity contribution in [1.82, 2.24) is 19.5 Å².